The summed E-state index contributed by atoms with van der Waals surface area (Å²) >= 11 is 0. The monoisotopic (exact) mass is 322 g/mol. The van der Waals surface area contributed by atoms with E-state index in [0.29, 0.717) is 10.9 Å². The minimum atomic E-state index is -3.37. The number of nitrogens with zero attached hydrogens (tertiary/aromatic N) is 1. The first-order valence-corrected chi connectivity index (χ1v) is 9.34. The van der Waals surface area contributed by atoms with E-state index in [4.69, 9.17) is 0 Å². The van der Waals surface area contributed by atoms with E-state index in [0.717, 1.165) is 19.4 Å². The van der Waals surface area contributed by atoms with Crippen LogP contribution in [0.15, 0.2) is 23.1 Å². The highest BCUT2D eigenvalue weighted by Crippen LogP contribution is 2.53. The zero-order chi connectivity index (χ0) is 16.3. The minimum Gasteiger partial charge on any atom is -0.313 e. The number of fused-ring (bicyclic) bond motifs is 4. The largest absolute Gasteiger partial charge is 0.313 e. The molecule has 122 valence electrons. The molecule has 0 saturated carbocycles. The van der Waals surface area contributed by atoms with Gasteiger partial charge in [0.1, 0.15) is 0 Å². The van der Waals surface area contributed by atoms with Crippen molar-refractivity contribution in [3.05, 3.63) is 29.3 Å². The first kappa shape index (κ1) is 16.0. The van der Waals surface area contributed by atoms with E-state index in [9.17, 15) is 8.42 Å². The molecule has 1 saturated heterocycles. The van der Waals surface area contributed by atoms with Crippen LogP contribution >= 0.6 is 0 Å². The minimum absolute atomic E-state index is 0.0942. The Hall–Kier alpha value is -0.910. The molecule has 1 aromatic carbocycles. The second kappa shape index (κ2) is 4.79. The highest BCUT2D eigenvalue weighted by atomic mass is 32.2. The van der Waals surface area contributed by atoms with Crippen molar-refractivity contribution in [3.63, 3.8) is 0 Å². The number of nitrogens with one attached hydrogen (secondary N) is 1. The summed E-state index contributed by atoms with van der Waals surface area (Å²) in [6, 6.07) is 6.11. The number of piperidine rings is 1. The normalized spacial score (nSPS) is 30.2. The Morgan fingerprint density at radius 1 is 1.23 bits per heavy atom. The van der Waals surface area contributed by atoms with E-state index in [-0.39, 0.29) is 10.8 Å². The molecule has 2 atom stereocenters. The zero-order valence-electron chi connectivity index (χ0n) is 14.1. The molecule has 1 aromatic rings. The molecule has 22 heavy (non-hydrogen) atoms. The first-order valence-electron chi connectivity index (χ1n) is 7.90. The van der Waals surface area contributed by atoms with Crippen molar-refractivity contribution < 1.29 is 8.42 Å². The van der Waals surface area contributed by atoms with E-state index in [1.54, 1.807) is 20.2 Å². The molecule has 2 bridgehead atoms. The summed E-state index contributed by atoms with van der Waals surface area (Å²) in [5.41, 5.74) is 2.77. The second-order valence-corrected chi connectivity index (χ2v) is 9.77. The molecule has 1 N–H and O–H groups in total. The van der Waals surface area contributed by atoms with Gasteiger partial charge in [0.2, 0.25) is 10.0 Å². The fourth-order valence-corrected chi connectivity index (χ4v) is 5.09. The third-order valence-electron chi connectivity index (χ3n) is 6.18. The molecule has 5 heteroatoms. The highest BCUT2D eigenvalue weighted by Gasteiger charge is 2.53. The summed E-state index contributed by atoms with van der Waals surface area (Å²) < 4.78 is 26.0. The van der Waals surface area contributed by atoms with Gasteiger partial charge in [-0.05, 0) is 48.1 Å². The molecule has 0 radical (unpaired) electrons. The smallest absolute Gasteiger partial charge is 0.242 e. The van der Waals surface area contributed by atoms with Crippen molar-refractivity contribution in [2.24, 2.45) is 5.41 Å². The van der Waals surface area contributed by atoms with Crippen molar-refractivity contribution in [1.82, 2.24) is 9.62 Å². The number of hydrogen-bond donors (Lipinski definition) is 1. The van der Waals surface area contributed by atoms with Crippen molar-refractivity contribution >= 4 is 10.0 Å². The number of sulfonamides is 1. The van der Waals surface area contributed by atoms with E-state index in [2.05, 4.69) is 32.2 Å². The quantitative estimate of drug-likeness (QED) is 0.907. The third-order valence-corrected chi connectivity index (χ3v) is 7.99. The molecule has 4 nitrogen and oxygen atoms in total. The molecule has 2 aliphatic rings. The van der Waals surface area contributed by atoms with Crippen LogP contribution in [0, 0.1) is 5.41 Å². The lowest BCUT2D eigenvalue weighted by Gasteiger charge is -2.57. The van der Waals surface area contributed by atoms with Gasteiger partial charge in [0.05, 0.1) is 4.90 Å². The fourth-order valence-electron chi connectivity index (χ4n) is 4.14. The highest BCUT2D eigenvalue weighted by molar-refractivity contribution is 7.89. The van der Waals surface area contributed by atoms with E-state index < -0.39 is 10.0 Å². The lowest BCUT2D eigenvalue weighted by molar-refractivity contribution is 0.0558. The van der Waals surface area contributed by atoms with Crippen molar-refractivity contribution in [2.45, 2.75) is 50.0 Å². The predicted octanol–water partition coefficient (Wildman–Crippen LogP) is 2.14. The van der Waals surface area contributed by atoms with Crippen LogP contribution in [0.4, 0.5) is 0 Å². The molecule has 1 aliphatic heterocycles. The second-order valence-electron chi connectivity index (χ2n) is 7.62. The van der Waals surface area contributed by atoms with Gasteiger partial charge in [-0.3, -0.25) is 0 Å². The molecule has 3 rings (SSSR count). The fraction of sp³-hybridized carbons (Fsp3) is 0.647. The number of rotatable bonds is 2. The average molecular weight is 322 g/mol. The van der Waals surface area contributed by atoms with Crippen LogP contribution in [-0.4, -0.2) is 39.4 Å². The summed E-state index contributed by atoms with van der Waals surface area (Å²) in [4.78, 5) is 0.401. The molecular weight excluding hydrogens is 296 g/mol. The predicted molar refractivity (Wildman–Crippen MR) is 88.6 cm³/mol. The van der Waals surface area contributed by atoms with Crippen LogP contribution in [-0.2, 0) is 21.9 Å². The maximum atomic E-state index is 12.4. The van der Waals surface area contributed by atoms with E-state index in [1.807, 2.05) is 6.07 Å². The van der Waals surface area contributed by atoms with Gasteiger partial charge in [-0.1, -0.05) is 26.8 Å². The van der Waals surface area contributed by atoms with E-state index in [1.165, 1.54) is 15.4 Å². The van der Waals surface area contributed by atoms with Gasteiger partial charge in [-0.25, -0.2) is 12.7 Å². The van der Waals surface area contributed by atoms with Gasteiger partial charge in [0.15, 0.2) is 0 Å². The summed E-state index contributed by atoms with van der Waals surface area (Å²) in [5, 5.41) is 3.63. The van der Waals surface area contributed by atoms with Gasteiger partial charge in [0.25, 0.3) is 0 Å². The maximum absolute atomic E-state index is 12.4. The summed E-state index contributed by atoms with van der Waals surface area (Å²) in [6.45, 7) is 8.02. The van der Waals surface area contributed by atoms with E-state index >= 15 is 0 Å². The van der Waals surface area contributed by atoms with Crippen molar-refractivity contribution in [1.29, 1.82) is 0 Å². The third kappa shape index (κ3) is 1.99. The Bertz CT molecular complexity index is 709. The van der Waals surface area contributed by atoms with Crippen LogP contribution in [0.2, 0.25) is 0 Å². The molecular formula is C17H26N2O2S. The lowest BCUT2D eigenvalue weighted by atomic mass is 9.51. The molecule has 1 fully saturated rings. The molecule has 1 aliphatic carbocycles. The zero-order valence-corrected chi connectivity index (χ0v) is 14.9. The van der Waals surface area contributed by atoms with Crippen LogP contribution < -0.4 is 5.32 Å². The average Bonchev–Trinajstić information content (AvgIpc) is 2.41. The van der Waals surface area contributed by atoms with Gasteiger partial charge in [-0.15, -0.1) is 0 Å². The molecule has 0 aromatic heterocycles. The summed E-state index contributed by atoms with van der Waals surface area (Å²) in [7, 11) is -0.212. The topological polar surface area (TPSA) is 49.4 Å². The van der Waals surface area contributed by atoms with Crippen LogP contribution in [0.3, 0.4) is 0 Å². The number of hydrogen-bond acceptors (Lipinski definition) is 3. The molecule has 1 heterocycles. The Labute approximate surface area is 134 Å². The molecule has 0 amide bonds. The Morgan fingerprint density at radius 3 is 2.55 bits per heavy atom. The van der Waals surface area contributed by atoms with Crippen molar-refractivity contribution in [3.8, 4) is 0 Å². The van der Waals surface area contributed by atoms with Crippen LogP contribution in [0.25, 0.3) is 0 Å². The van der Waals surface area contributed by atoms with Crippen LogP contribution in [0.5, 0.6) is 0 Å². The summed E-state index contributed by atoms with van der Waals surface area (Å²) in [5.74, 6) is 0. The van der Waals surface area contributed by atoms with Gasteiger partial charge in [-0.2, -0.15) is 0 Å². The Balaban J connectivity index is 2.16. The Kier molecular flexibility index (Phi) is 3.48. The lowest BCUT2D eigenvalue weighted by Crippen LogP contribution is -2.62. The van der Waals surface area contributed by atoms with Crippen molar-refractivity contribution in [2.75, 3.05) is 20.6 Å². The SMILES string of the molecule is CN(C)S(=O)(=O)c1ccc2c(c1)CC1NCCC2(C)C1(C)C. The van der Waals surface area contributed by atoms with Crippen LogP contribution in [0.1, 0.15) is 38.3 Å². The van der Waals surface area contributed by atoms with Gasteiger partial charge >= 0.3 is 0 Å². The summed E-state index contributed by atoms with van der Waals surface area (Å²) in [6.07, 6.45) is 1.98. The Morgan fingerprint density at radius 2 is 1.91 bits per heavy atom. The first-order chi connectivity index (χ1) is 10.1. The standard InChI is InChI=1S/C17H26N2O2S/c1-16(2)15-11-12-10-13(22(20,21)19(4)5)6-7-14(12)17(16,3)8-9-18-15/h6-7,10,15,18H,8-9,11H2,1-5H3. The molecule has 2 unspecified atom stereocenters. The van der Waals surface area contributed by atoms with Gasteiger partial charge in [0, 0.05) is 25.6 Å². The number of benzene rings is 1. The maximum Gasteiger partial charge on any atom is 0.242 e. The van der Waals surface area contributed by atoms with Gasteiger partial charge < -0.3 is 5.32 Å². The molecule has 0 spiro atoms.